The highest BCUT2D eigenvalue weighted by Crippen LogP contribution is 2.01. The molecule has 0 spiro atoms. The fourth-order valence-electron chi connectivity index (χ4n) is 0.606. The first-order valence-electron chi connectivity index (χ1n) is 3.67. The summed E-state index contributed by atoms with van der Waals surface area (Å²) in [6, 6.07) is 1.94. The molecule has 1 amide bonds. The summed E-state index contributed by atoms with van der Waals surface area (Å²) in [6.45, 7) is 1.79. The van der Waals surface area contributed by atoms with Crippen molar-refractivity contribution in [2.75, 3.05) is 0 Å². The lowest BCUT2D eigenvalue weighted by Crippen LogP contribution is -2.15. The van der Waals surface area contributed by atoms with Crippen LogP contribution in [0.5, 0.6) is 0 Å². The Hall–Kier alpha value is -1.16. The van der Waals surface area contributed by atoms with Gasteiger partial charge >= 0.3 is 0 Å². The third-order valence-corrected chi connectivity index (χ3v) is 1.97. The van der Waals surface area contributed by atoms with Crippen molar-refractivity contribution in [3.05, 3.63) is 22.4 Å². The lowest BCUT2D eigenvalue weighted by Gasteiger charge is -1.91. The maximum atomic E-state index is 10.7. The molecule has 0 bridgehead atoms. The van der Waals surface area contributed by atoms with E-state index in [-0.39, 0.29) is 5.91 Å². The van der Waals surface area contributed by atoms with Gasteiger partial charge in [0.2, 0.25) is 5.91 Å². The molecule has 12 heavy (non-hydrogen) atoms. The predicted molar refractivity (Wildman–Crippen MR) is 50.3 cm³/mol. The third-order valence-electron chi connectivity index (χ3n) is 1.27. The van der Waals surface area contributed by atoms with Gasteiger partial charge in [-0.05, 0) is 16.8 Å². The molecule has 0 saturated heterocycles. The number of hydrogen-bond acceptors (Lipinski definition) is 3. The van der Waals surface area contributed by atoms with Gasteiger partial charge in [-0.15, -0.1) is 0 Å². The largest absolute Gasteiger partial charge is 0.273 e. The molecule has 4 heteroatoms. The minimum absolute atomic E-state index is 0.0681. The van der Waals surface area contributed by atoms with Crippen LogP contribution in [0.15, 0.2) is 21.9 Å². The summed E-state index contributed by atoms with van der Waals surface area (Å²) < 4.78 is 0. The van der Waals surface area contributed by atoms with E-state index in [4.69, 9.17) is 0 Å². The first kappa shape index (κ1) is 8.93. The van der Waals surface area contributed by atoms with Crippen LogP contribution in [0.2, 0.25) is 0 Å². The number of hydrogen-bond donors (Lipinski definition) is 1. The number of amides is 1. The number of carbonyl (C=O) groups is 1. The number of nitrogens with one attached hydrogen (secondary N) is 1. The topological polar surface area (TPSA) is 41.5 Å². The molecule has 0 aliphatic carbocycles. The second-order valence-electron chi connectivity index (χ2n) is 2.20. The fourth-order valence-corrected chi connectivity index (χ4v) is 1.22. The van der Waals surface area contributed by atoms with E-state index in [1.54, 1.807) is 24.5 Å². The standard InChI is InChI=1S/C8H10N2OS/c1-2-8(11)10-9-5-7-3-4-12-6-7/h3-6H,2H2,1H3,(H,10,11)/b9-5+. The Kier molecular flexibility index (Phi) is 3.47. The van der Waals surface area contributed by atoms with Gasteiger partial charge in [0.05, 0.1) is 6.21 Å². The Labute approximate surface area is 75.1 Å². The molecule has 0 radical (unpaired) electrons. The quantitative estimate of drug-likeness (QED) is 0.560. The Balaban J connectivity index is 2.37. The minimum atomic E-state index is -0.0681. The molecule has 1 aromatic rings. The van der Waals surface area contributed by atoms with Crippen molar-refractivity contribution >= 4 is 23.5 Å². The number of rotatable bonds is 3. The third kappa shape index (κ3) is 2.84. The van der Waals surface area contributed by atoms with Crippen molar-refractivity contribution in [1.82, 2.24) is 5.43 Å². The molecular formula is C8H10N2OS. The first-order valence-corrected chi connectivity index (χ1v) is 4.61. The van der Waals surface area contributed by atoms with Crippen LogP contribution in [0.25, 0.3) is 0 Å². The highest BCUT2D eigenvalue weighted by atomic mass is 32.1. The Morgan fingerprint density at radius 3 is 3.25 bits per heavy atom. The minimum Gasteiger partial charge on any atom is -0.273 e. The van der Waals surface area contributed by atoms with Gasteiger partial charge in [0, 0.05) is 12.0 Å². The average Bonchev–Trinajstić information content (AvgIpc) is 2.57. The smallest absolute Gasteiger partial charge is 0.239 e. The van der Waals surface area contributed by atoms with Crippen LogP contribution in [0.3, 0.4) is 0 Å². The summed E-state index contributed by atoms with van der Waals surface area (Å²) in [5, 5.41) is 7.69. The zero-order chi connectivity index (χ0) is 8.81. The average molecular weight is 182 g/mol. The molecule has 0 unspecified atom stereocenters. The summed E-state index contributed by atoms with van der Waals surface area (Å²) in [6.07, 6.45) is 2.09. The number of hydrazone groups is 1. The Morgan fingerprint density at radius 2 is 2.67 bits per heavy atom. The molecule has 0 aromatic carbocycles. The molecule has 0 aliphatic rings. The summed E-state index contributed by atoms with van der Waals surface area (Å²) >= 11 is 1.60. The maximum absolute atomic E-state index is 10.7. The number of thiophene rings is 1. The monoisotopic (exact) mass is 182 g/mol. The van der Waals surface area contributed by atoms with Crippen LogP contribution in [-0.2, 0) is 4.79 Å². The molecule has 1 heterocycles. The summed E-state index contributed by atoms with van der Waals surface area (Å²) in [5.74, 6) is -0.0681. The van der Waals surface area contributed by atoms with E-state index in [1.165, 1.54) is 0 Å². The normalized spacial score (nSPS) is 10.4. The second kappa shape index (κ2) is 4.66. The molecule has 0 fully saturated rings. The molecule has 0 atom stereocenters. The summed E-state index contributed by atoms with van der Waals surface area (Å²) in [7, 11) is 0. The van der Waals surface area contributed by atoms with E-state index < -0.39 is 0 Å². The van der Waals surface area contributed by atoms with Crippen molar-refractivity contribution < 1.29 is 4.79 Å². The second-order valence-corrected chi connectivity index (χ2v) is 2.98. The highest BCUT2D eigenvalue weighted by molar-refractivity contribution is 7.08. The van der Waals surface area contributed by atoms with Crippen LogP contribution in [-0.4, -0.2) is 12.1 Å². The van der Waals surface area contributed by atoms with Crippen LogP contribution in [0.1, 0.15) is 18.9 Å². The van der Waals surface area contributed by atoms with E-state index in [0.717, 1.165) is 5.56 Å². The van der Waals surface area contributed by atoms with E-state index in [0.29, 0.717) is 6.42 Å². The zero-order valence-corrected chi connectivity index (χ0v) is 7.60. The lowest BCUT2D eigenvalue weighted by atomic mass is 10.4. The van der Waals surface area contributed by atoms with Crippen molar-refractivity contribution in [2.24, 2.45) is 5.10 Å². The van der Waals surface area contributed by atoms with Crippen LogP contribution < -0.4 is 5.43 Å². The van der Waals surface area contributed by atoms with Crippen LogP contribution >= 0.6 is 11.3 Å². The molecular weight excluding hydrogens is 172 g/mol. The van der Waals surface area contributed by atoms with Crippen molar-refractivity contribution in [1.29, 1.82) is 0 Å². The van der Waals surface area contributed by atoms with Gasteiger partial charge in [-0.1, -0.05) is 6.92 Å². The lowest BCUT2D eigenvalue weighted by molar-refractivity contribution is -0.120. The molecule has 0 aliphatic heterocycles. The number of nitrogens with zero attached hydrogens (tertiary/aromatic N) is 1. The van der Waals surface area contributed by atoms with E-state index in [2.05, 4.69) is 10.5 Å². The molecule has 1 N–H and O–H groups in total. The summed E-state index contributed by atoms with van der Waals surface area (Å²) in [4.78, 5) is 10.7. The van der Waals surface area contributed by atoms with Gasteiger partial charge in [-0.3, -0.25) is 4.79 Å². The molecule has 0 saturated carbocycles. The SMILES string of the molecule is CCC(=O)N/N=C/c1ccsc1. The maximum Gasteiger partial charge on any atom is 0.239 e. The number of carbonyl (C=O) groups excluding carboxylic acids is 1. The van der Waals surface area contributed by atoms with Crippen molar-refractivity contribution in [3.63, 3.8) is 0 Å². The van der Waals surface area contributed by atoms with Gasteiger partial charge in [0.1, 0.15) is 0 Å². The van der Waals surface area contributed by atoms with E-state index >= 15 is 0 Å². The van der Waals surface area contributed by atoms with Gasteiger partial charge in [-0.2, -0.15) is 16.4 Å². The summed E-state index contributed by atoms with van der Waals surface area (Å²) in [5.41, 5.74) is 3.42. The zero-order valence-electron chi connectivity index (χ0n) is 6.78. The molecule has 64 valence electrons. The van der Waals surface area contributed by atoms with Gasteiger partial charge in [-0.25, -0.2) is 5.43 Å². The fraction of sp³-hybridized carbons (Fsp3) is 0.250. The van der Waals surface area contributed by atoms with Gasteiger partial charge < -0.3 is 0 Å². The highest BCUT2D eigenvalue weighted by Gasteiger charge is 1.91. The predicted octanol–water partition coefficient (Wildman–Crippen LogP) is 1.61. The molecule has 3 nitrogen and oxygen atoms in total. The molecule has 1 rings (SSSR count). The van der Waals surface area contributed by atoms with Gasteiger partial charge in [0.25, 0.3) is 0 Å². The van der Waals surface area contributed by atoms with Crippen LogP contribution in [0.4, 0.5) is 0 Å². The van der Waals surface area contributed by atoms with Crippen LogP contribution in [0, 0.1) is 0 Å². The first-order chi connectivity index (χ1) is 5.83. The molecule has 1 aromatic heterocycles. The van der Waals surface area contributed by atoms with Crippen molar-refractivity contribution in [3.8, 4) is 0 Å². The van der Waals surface area contributed by atoms with E-state index in [1.807, 2.05) is 16.8 Å². The Morgan fingerprint density at radius 1 is 1.83 bits per heavy atom. The van der Waals surface area contributed by atoms with E-state index in [9.17, 15) is 4.79 Å². The van der Waals surface area contributed by atoms with Gasteiger partial charge in [0.15, 0.2) is 0 Å². The Bertz CT molecular complexity index is 267. The van der Waals surface area contributed by atoms with Crippen molar-refractivity contribution in [2.45, 2.75) is 13.3 Å².